The zero-order valence-electron chi connectivity index (χ0n) is 10.1. The number of nitrogens with zero attached hydrogens (tertiary/aromatic N) is 2. The second kappa shape index (κ2) is 5.51. The van der Waals surface area contributed by atoms with Crippen LogP contribution in [-0.2, 0) is 18.3 Å². The lowest BCUT2D eigenvalue weighted by atomic mass is 9.93. The Balaban J connectivity index is 0.00000144. The van der Waals surface area contributed by atoms with Crippen molar-refractivity contribution in [1.29, 1.82) is 0 Å². The van der Waals surface area contributed by atoms with E-state index in [0.717, 1.165) is 24.8 Å². The van der Waals surface area contributed by atoms with Gasteiger partial charge in [0.25, 0.3) is 0 Å². The fourth-order valence-corrected chi connectivity index (χ4v) is 2.16. The molecule has 0 saturated carbocycles. The topological polar surface area (TPSA) is 72.9 Å². The van der Waals surface area contributed by atoms with Crippen LogP contribution in [0.2, 0.25) is 0 Å². The van der Waals surface area contributed by atoms with E-state index in [4.69, 9.17) is 5.73 Å². The molecule has 1 heterocycles. The van der Waals surface area contributed by atoms with Gasteiger partial charge in [-0.05, 0) is 26.2 Å². The van der Waals surface area contributed by atoms with Crippen LogP contribution in [-0.4, -0.2) is 21.7 Å². The number of hydrogen-bond acceptors (Lipinski definition) is 3. The van der Waals surface area contributed by atoms with Crippen LogP contribution in [0.3, 0.4) is 0 Å². The zero-order valence-corrected chi connectivity index (χ0v) is 11.0. The van der Waals surface area contributed by atoms with Crippen molar-refractivity contribution in [3.05, 3.63) is 17.5 Å². The van der Waals surface area contributed by atoms with Crippen LogP contribution in [0.5, 0.6) is 0 Å². The number of amides is 1. The van der Waals surface area contributed by atoms with Crippen molar-refractivity contribution in [3.8, 4) is 0 Å². The predicted octanol–water partition coefficient (Wildman–Crippen LogP) is 0.683. The first-order valence-electron chi connectivity index (χ1n) is 5.66. The summed E-state index contributed by atoms with van der Waals surface area (Å²) in [6.45, 7) is 1.70. The van der Waals surface area contributed by atoms with E-state index in [9.17, 15) is 4.79 Å². The molecule has 1 aromatic rings. The molecule has 2 atom stereocenters. The highest BCUT2D eigenvalue weighted by molar-refractivity contribution is 5.85. The highest BCUT2D eigenvalue weighted by Crippen LogP contribution is 2.28. The standard InChI is InChI=1S/C11H18N4O.ClH/c1-7(12)11(16)14-9-4-3-5-10-8(9)6-13-15(10)2;/h6-7,9H,3-5,12H2,1-2H3,(H,14,16);1H/t7-,9?;/m0./s1. The van der Waals surface area contributed by atoms with E-state index in [0.29, 0.717) is 0 Å². The molecule has 1 amide bonds. The largest absolute Gasteiger partial charge is 0.348 e. The molecule has 0 radical (unpaired) electrons. The van der Waals surface area contributed by atoms with Crippen molar-refractivity contribution in [2.45, 2.75) is 38.3 Å². The number of rotatable bonds is 2. The smallest absolute Gasteiger partial charge is 0.237 e. The molecule has 2 rings (SSSR count). The fraction of sp³-hybridized carbons (Fsp3) is 0.636. The predicted molar refractivity (Wildman–Crippen MR) is 67.9 cm³/mol. The van der Waals surface area contributed by atoms with Crippen LogP contribution in [0.15, 0.2) is 6.20 Å². The summed E-state index contributed by atoms with van der Waals surface area (Å²) in [6, 6.07) is -0.377. The van der Waals surface area contributed by atoms with Gasteiger partial charge in [0.2, 0.25) is 5.91 Å². The van der Waals surface area contributed by atoms with Gasteiger partial charge in [0.1, 0.15) is 0 Å². The van der Waals surface area contributed by atoms with Gasteiger partial charge in [-0.15, -0.1) is 12.4 Å². The maximum atomic E-state index is 11.6. The molecule has 0 spiro atoms. The second-order valence-electron chi connectivity index (χ2n) is 4.41. The first-order chi connectivity index (χ1) is 7.59. The second-order valence-corrected chi connectivity index (χ2v) is 4.41. The molecular weight excluding hydrogens is 240 g/mol. The van der Waals surface area contributed by atoms with Gasteiger partial charge in [0, 0.05) is 18.3 Å². The Morgan fingerprint density at radius 3 is 3.06 bits per heavy atom. The quantitative estimate of drug-likeness (QED) is 0.820. The molecule has 6 heteroatoms. The number of fused-ring (bicyclic) bond motifs is 1. The lowest BCUT2D eigenvalue weighted by molar-refractivity contribution is -0.122. The molecule has 0 fully saturated rings. The Morgan fingerprint density at radius 1 is 1.71 bits per heavy atom. The monoisotopic (exact) mass is 258 g/mol. The maximum absolute atomic E-state index is 11.6. The van der Waals surface area contributed by atoms with Crippen molar-refractivity contribution >= 4 is 18.3 Å². The Hall–Kier alpha value is -1.07. The minimum atomic E-state index is -0.456. The fourth-order valence-electron chi connectivity index (χ4n) is 2.16. The van der Waals surface area contributed by atoms with Crippen LogP contribution in [0.1, 0.15) is 37.1 Å². The number of carbonyl (C=O) groups is 1. The van der Waals surface area contributed by atoms with Crippen LogP contribution < -0.4 is 11.1 Å². The number of nitrogens with two attached hydrogens (primary N) is 1. The SMILES string of the molecule is C[C@H](N)C(=O)NC1CCCc2c1cnn2C.Cl. The summed E-state index contributed by atoms with van der Waals surface area (Å²) in [5.74, 6) is -0.0956. The minimum absolute atomic E-state index is 0. The third-order valence-electron chi connectivity index (χ3n) is 3.11. The third kappa shape index (κ3) is 2.79. The molecule has 1 unspecified atom stereocenters. The Bertz CT molecular complexity index is 402. The average molecular weight is 259 g/mol. The number of hydrogen-bond donors (Lipinski definition) is 2. The molecule has 96 valence electrons. The van der Waals surface area contributed by atoms with Gasteiger partial charge in [0.05, 0.1) is 18.3 Å². The number of halogens is 1. The van der Waals surface area contributed by atoms with Crippen LogP contribution >= 0.6 is 12.4 Å². The summed E-state index contributed by atoms with van der Waals surface area (Å²) in [6.07, 6.45) is 4.94. The molecular formula is C11H19ClN4O. The molecule has 3 N–H and O–H groups in total. The molecule has 5 nitrogen and oxygen atoms in total. The first kappa shape index (κ1) is 14.0. The maximum Gasteiger partial charge on any atom is 0.237 e. The normalized spacial score (nSPS) is 20.1. The number of carbonyl (C=O) groups excluding carboxylic acids is 1. The number of aryl methyl sites for hydroxylation is 1. The van der Waals surface area contributed by atoms with Crippen molar-refractivity contribution in [3.63, 3.8) is 0 Å². The van der Waals surface area contributed by atoms with Gasteiger partial charge < -0.3 is 11.1 Å². The van der Waals surface area contributed by atoms with E-state index >= 15 is 0 Å². The summed E-state index contributed by atoms with van der Waals surface area (Å²) in [4.78, 5) is 11.6. The van der Waals surface area contributed by atoms with Crippen molar-refractivity contribution < 1.29 is 4.79 Å². The summed E-state index contributed by atoms with van der Waals surface area (Å²) in [5, 5.41) is 7.21. The Kier molecular flexibility index (Phi) is 4.54. The molecule has 17 heavy (non-hydrogen) atoms. The number of nitrogens with one attached hydrogen (secondary N) is 1. The Labute approximate surface area is 107 Å². The number of aromatic nitrogens is 2. The van der Waals surface area contributed by atoms with E-state index < -0.39 is 6.04 Å². The Morgan fingerprint density at radius 2 is 2.41 bits per heavy atom. The van der Waals surface area contributed by atoms with Gasteiger partial charge >= 0.3 is 0 Å². The van der Waals surface area contributed by atoms with E-state index in [-0.39, 0.29) is 24.4 Å². The van der Waals surface area contributed by atoms with E-state index in [1.54, 1.807) is 6.92 Å². The van der Waals surface area contributed by atoms with E-state index in [2.05, 4.69) is 10.4 Å². The van der Waals surface area contributed by atoms with Crippen LogP contribution in [0, 0.1) is 0 Å². The van der Waals surface area contributed by atoms with Gasteiger partial charge in [-0.1, -0.05) is 0 Å². The van der Waals surface area contributed by atoms with Gasteiger partial charge in [0.15, 0.2) is 0 Å². The molecule has 0 bridgehead atoms. The highest BCUT2D eigenvalue weighted by atomic mass is 35.5. The molecule has 0 aromatic carbocycles. The van der Waals surface area contributed by atoms with Gasteiger partial charge in [-0.2, -0.15) is 5.10 Å². The summed E-state index contributed by atoms with van der Waals surface area (Å²) < 4.78 is 1.89. The van der Waals surface area contributed by atoms with Gasteiger partial charge in [-0.25, -0.2) is 0 Å². The van der Waals surface area contributed by atoms with Crippen LogP contribution in [0.25, 0.3) is 0 Å². The minimum Gasteiger partial charge on any atom is -0.348 e. The first-order valence-corrected chi connectivity index (χ1v) is 5.66. The zero-order chi connectivity index (χ0) is 11.7. The van der Waals surface area contributed by atoms with Crippen molar-refractivity contribution in [1.82, 2.24) is 15.1 Å². The molecule has 1 aromatic heterocycles. The summed E-state index contributed by atoms with van der Waals surface area (Å²) in [5.41, 5.74) is 7.91. The highest BCUT2D eigenvalue weighted by Gasteiger charge is 2.25. The van der Waals surface area contributed by atoms with Crippen molar-refractivity contribution in [2.24, 2.45) is 12.8 Å². The lowest BCUT2D eigenvalue weighted by Gasteiger charge is -2.24. The summed E-state index contributed by atoms with van der Waals surface area (Å²) in [7, 11) is 1.94. The average Bonchev–Trinajstić information content (AvgIpc) is 2.62. The summed E-state index contributed by atoms with van der Waals surface area (Å²) >= 11 is 0. The van der Waals surface area contributed by atoms with Gasteiger partial charge in [-0.3, -0.25) is 9.48 Å². The molecule has 0 aliphatic heterocycles. The molecule has 1 aliphatic rings. The van der Waals surface area contributed by atoms with E-state index in [1.807, 2.05) is 17.9 Å². The molecule has 0 saturated heterocycles. The third-order valence-corrected chi connectivity index (χ3v) is 3.11. The van der Waals surface area contributed by atoms with Crippen LogP contribution in [0.4, 0.5) is 0 Å². The van der Waals surface area contributed by atoms with Crippen molar-refractivity contribution in [2.75, 3.05) is 0 Å². The van der Waals surface area contributed by atoms with E-state index in [1.165, 1.54) is 5.69 Å². The molecule has 1 aliphatic carbocycles. The lowest BCUT2D eigenvalue weighted by Crippen LogP contribution is -2.41.